The van der Waals surface area contributed by atoms with Crippen molar-refractivity contribution in [1.82, 2.24) is 0 Å². The van der Waals surface area contributed by atoms with Crippen molar-refractivity contribution in [3.8, 4) is 11.5 Å². The lowest BCUT2D eigenvalue weighted by Crippen LogP contribution is -2.26. The summed E-state index contributed by atoms with van der Waals surface area (Å²) in [6, 6.07) is 19.2. The van der Waals surface area contributed by atoms with E-state index in [0.717, 1.165) is 36.5 Å². The molecule has 0 fully saturated rings. The average Bonchev–Trinajstić information content (AvgIpc) is 3.10. The lowest BCUT2D eigenvalue weighted by atomic mass is 10.1. The molecule has 0 aliphatic rings. The van der Waals surface area contributed by atoms with Crippen LogP contribution >= 0.6 is 0 Å². The number of hydrogen-bond acceptors (Lipinski definition) is 6. The number of unbranched alkanes of at least 4 members (excludes halogenated alkanes) is 12. The highest BCUT2D eigenvalue weighted by Crippen LogP contribution is 2.29. The second-order valence-electron chi connectivity index (χ2n) is 12.7. The molecule has 49 heavy (non-hydrogen) atoms. The zero-order valence-electron chi connectivity index (χ0n) is 28.9. The standard InChI is InChI=1S/C39H50N2O6S2/c1-3-5-7-9-11-13-15-25-46-35-21-17-33-29-37(23-19-31(33)27-35)48(42,43)39(41-40)49(44,45)38-24-20-32-28-36(22-18-34(32)30-38)47-26-16-14-12-10-8-6-4-2/h17-24,27-30H,3-16,25-26H2,1-2H3. The fourth-order valence-electron chi connectivity index (χ4n) is 5.87. The molecule has 0 atom stereocenters. The van der Waals surface area contributed by atoms with E-state index in [2.05, 4.69) is 18.6 Å². The van der Waals surface area contributed by atoms with Gasteiger partial charge < -0.3 is 15.0 Å². The summed E-state index contributed by atoms with van der Waals surface area (Å²) >= 11 is 0. The van der Waals surface area contributed by atoms with Crippen molar-refractivity contribution in [1.29, 1.82) is 0 Å². The molecule has 4 aromatic carbocycles. The minimum Gasteiger partial charge on any atom is -0.494 e. The zero-order valence-corrected chi connectivity index (χ0v) is 30.5. The van der Waals surface area contributed by atoms with Gasteiger partial charge in [-0.25, -0.2) is 16.8 Å². The maximum atomic E-state index is 13.6. The van der Waals surface area contributed by atoms with E-state index in [9.17, 15) is 22.4 Å². The quantitative estimate of drug-likeness (QED) is 0.0296. The van der Waals surface area contributed by atoms with E-state index in [4.69, 9.17) is 9.47 Å². The fraction of sp³-hybridized carbons (Fsp3) is 0.462. The first-order valence-electron chi connectivity index (χ1n) is 17.8. The minimum atomic E-state index is -4.71. The Morgan fingerprint density at radius 1 is 0.510 bits per heavy atom. The predicted octanol–water partition coefficient (Wildman–Crippen LogP) is 10.1. The molecule has 0 spiro atoms. The van der Waals surface area contributed by atoms with Gasteiger partial charge in [-0.2, -0.15) is 0 Å². The van der Waals surface area contributed by atoms with Gasteiger partial charge in [-0.1, -0.05) is 115 Å². The smallest absolute Gasteiger partial charge is 0.494 e. The van der Waals surface area contributed by atoms with Gasteiger partial charge in [-0.15, -0.1) is 4.79 Å². The third-order valence-corrected chi connectivity index (χ3v) is 12.9. The summed E-state index contributed by atoms with van der Waals surface area (Å²) in [4.78, 5) is 2.22. The van der Waals surface area contributed by atoms with Crippen LogP contribution in [-0.2, 0) is 19.7 Å². The van der Waals surface area contributed by atoms with Crippen LogP contribution in [-0.4, -0.2) is 39.2 Å². The Balaban J connectivity index is 1.40. The summed E-state index contributed by atoms with van der Waals surface area (Å²) in [5.41, 5.74) is 9.76. The number of ether oxygens (including phenoxy) is 2. The van der Waals surface area contributed by atoms with Gasteiger partial charge in [0.05, 0.1) is 23.0 Å². The Bertz CT molecular complexity index is 1820. The van der Waals surface area contributed by atoms with Gasteiger partial charge in [0.15, 0.2) is 0 Å². The number of benzene rings is 4. The van der Waals surface area contributed by atoms with Crippen molar-refractivity contribution in [3.05, 3.63) is 78.3 Å². The first kappa shape index (κ1) is 38.1. The molecular weight excluding hydrogens is 657 g/mol. The molecule has 0 N–H and O–H groups in total. The van der Waals surface area contributed by atoms with E-state index in [-0.39, 0.29) is 9.79 Å². The molecule has 0 radical (unpaired) electrons. The average molecular weight is 707 g/mol. The number of sulfone groups is 2. The Kier molecular flexibility index (Phi) is 14.7. The first-order valence-corrected chi connectivity index (χ1v) is 20.7. The van der Waals surface area contributed by atoms with Crippen molar-refractivity contribution in [2.75, 3.05) is 13.2 Å². The molecule has 4 aromatic rings. The Hall–Kier alpha value is -3.72. The third kappa shape index (κ3) is 10.6. The Labute approximate surface area is 292 Å². The molecule has 8 nitrogen and oxygen atoms in total. The number of fused-ring (bicyclic) bond motifs is 2. The second-order valence-corrected chi connectivity index (χ2v) is 16.6. The third-order valence-electron chi connectivity index (χ3n) is 8.76. The summed E-state index contributed by atoms with van der Waals surface area (Å²) < 4.78 is 64.8. The van der Waals surface area contributed by atoms with Crippen LogP contribution in [0.5, 0.6) is 11.5 Å². The van der Waals surface area contributed by atoms with Crippen LogP contribution in [0.3, 0.4) is 0 Å². The van der Waals surface area contributed by atoms with Gasteiger partial charge in [0.25, 0.3) is 19.7 Å². The Morgan fingerprint density at radius 2 is 0.857 bits per heavy atom. The van der Waals surface area contributed by atoms with Crippen LogP contribution in [0.1, 0.15) is 104 Å². The molecule has 0 aromatic heterocycles. The van der Waals surface area contributed by atoms with E-state index in [1.165, 1.54) is 88.5 Å². The van der Waals surface area contributed by atoms with Crippen LogP contribution in [0.25, 0.3) is 27.1 Å². The Morgan fingerprint density at radius 3 is 1.24 bits per heavy atom. The minimum absolute atomic E-state index is 0.295. The SMILES string of the molecule is CCCCCCCCCOc1ccc2cc(S(=O)(=O)C(=[N+]=[N-])S(=O)(=O)c3ccc4cc(OCCCCCCCCC)ccc4c3)ccc2c1. The first-order chi connectivity index (χ1) is 23.7. The lowest BCUT2D eigenvalue weighted by Gasteiger charge is -2.09. The van der Waals surface area contributed by atoms with Crippen molar-refractivity contribution in [3.63, 3.8) is 0 Å². The maximum Gasteiger partial charge on any atom is 0.504 e. The summed E-state index contributed by atoms with van der Waals surface area (Å²) in [5, 5.41) is 2.63. The number of nitrogens with zero attached hydrogens (tertiary/aromatic N) is 2. The molecule has 0 bridgehead atoms. The van der Waals surface area contributed by atoms with E-state index in [0.29, 0.717) is 35.5 Å². The zero-order chi connectivity index (χ0) is 35.1. The summed E-state index contributed by atoms with van der Waals surface area (Å²) in [5.74, 6) is 1.36. The molecule has 0 aliphatic heterocycles. The molecule has 0 aliphatic carbocycles. The molecule has 0 amide bonds. The molecule has 264 valence electrons. The fourth-order valence-corrected chi connectivity index (χ4v) is 9.28. The summed E-state index contributed by atoms with van der Waals surface area (Å²) in [6.07, 6.45) is 16.6. The second kappa shape index (κ2) is 18.9. The van der Waals surface area contributed by atoms with Gasteiger partial charge in [0.1, 0.15) is 11.5 Å². The molecule has 0 saturated carbocycles. The van der Waals surface area contributed by atoms with E-state index in [1.54, 1.807) is 36.4 Å². The highest BCUT2D eigenvalue weighted by molar-refractivity contribution is 8.31. The summed E-state index contributed by atoms with van der Waals surface area (Å²) in [7, 11) is -9.42. The maximum absolute atomic E-state index is 13.6. The van der Waals surface area contributed by atoms with Crippen LogP contribution in [0, 0.1) is 0 Å². The van der Waals surface area contributed by atoms with E-state index < -0.39 is 24.1 Å². The predicted molar refractivity (Wildman–Crippen MR) is 198 cm³/mol. The van der Waals surface area contributed by atoms with Gasteiger partial charge in [-0.3, -0.25) is 0 Å². The van der Waals surface area contributed by atoms with Crippen molar-refractivity contribution < 1.29 is 31.1 Å². The monoisotopic (exact) mass is 706 g/mol. The largest absolute Gasteiger partial charge is 0.504 e. The molecule has 0 saturated heterocycles. The van der Waals surface area contributed by atoms with E-state index in [1.807, 2.05) is 12.1 Å². The van der Waals surface area contributed by atoms with Crippen LogP contribution < -0.4 is 9.47 Å². The molecule has 0 unspecified atom stereocenters. The highest BCUT2D eigenvalue weighted by Gasteiger charge is 2.44. The number of rotatable bonds is 20. The van der Waals surface area contributed by atoms with Crippen LogP contribution in [0.2, 0.25) is 0 Å². The molecule has 4 rings (SSSR count). The molecule has 10 heteroatoms. The van der Waals surface area contributed by atoms with Crippen molar-refractivity contribution >= 4 is 45.6 Å². The van der Waals surface area contributed by atoms with Gasteiger partial charge in [-0.05, 0) is 82.9 Å². The lowest BCUT2D eigenvalue weighted by molar-refractivity contribution is 0.00380. The van der Waals surface area contributed by atoms with E-state index >= 15 is 0 Å². The van der Waals surface area contributed by atoms with Gasteiger partial charge >= 0.3 is 4.38 Å². The molecular formula is C39H50N2O6S2. The van der Waals surface area contributed by atoms with Gasteiger partial charge in [0, 0.05) is 0 Å². The highest BCUT2D eigenvalue weighted by atomic mass is 32.3. The van der Waals surface area contributed by atoms with Crippen LogP contribution in [0.15, 0.2) is 82.6 Å². The molecule has 0 heterocycles. The van der Waals surface area contributed by atoms with Gasteiger partial charge in [0.2, 0.25) is 0 Å². The normalized spacial score (nSPS) is 11.9. The topological polar surface area (TPSA) is 123 Å². The van der Waals surface area contributed by atoms with Crippen molar-refractivity contribution in [2.45, 2.75) is 114 Å². The summed E-state index contributed by atoms with van der Waals surface area (Å²) in [6.45, 7) is 5.61. The van der Waals surface area contributed by atoms with Crippen molar-refractivity contribution in [2.24, 2.45) is 0 Å². The number of hydrogen-bond donors (Lipinski definition) is 0. The van der Waals surface area contributed by atoms with Crippen LogP contribution in [0.4, 0.5) is 0 Å².